The summed E-state index contributed by atoms with van der Waals surface area (Å²) in [5.41, 5.74) is 2.80. The fraction of sp³-hybridized carbons (Fsp3) is 0.217. The van der Waals surface area contributed by atoms with E-state index in [1.54, 1.807) is 18.2 Å². The zero-order valence-corrected chi connectivity index (χ0v) is 19.7. The van der Waals surface area contributed by atoms with Gasteiger partial charge in [-0.2, -0.15) is 0 Å². The molecule has 154 valence electrons. The number of rotatable bonds is 6. The summed E-state index contributed by atoms with van der Waals surface area (Å²) in [7, 11) is -4.63. The Kier molecular flexibility index (Phi) is 9.13. The molecule has 3 aromatic carbocycles. The molecule has 3 aromatic rings. The van der Waals surface area contributed by atoms with Gasteiger partial charge >= 0.3 is 21.2 Å². The third-order valence-corrected chi connectivity index (χ3v) is 6.81. The van der Waals surface area contributed by atoms with Crippen molar-refractivity contribution in [2.75, 3.05) is 0 Å². The smallest absolute Gasteiger partial charge is 0.357 e. The molecule has 0 saturated heterocycles. The van der Waals surface area contributed by atoms with Crippen LogP contribution in [0.15, 0.2) is 78.9 Å². The molecule has 0 atom stereocenters. The topological polar surface area (TPSA) is 66.4 Å². The van der Waals surface area contributed by atoms with Gasteiger partial charge in [0.2, 0.25) is 0 Å². The Morgan fingerprint density at radius 2 is 1.38 bits per heavy atom. The van der Waals surface area contributed by atoms with E-state index in [4.69, 9.17) is 0 Å². The van der Waals surface area contributed by atoms with Crippen LogP contribution in [0.1, 0.15) is 25.0 Å². The average Bonchev–Trinajstić information content (AvgIpc) is 2.65. The van der Waals surface area contributed by atoms with Crippen LogP contribution in [-0.2, 0) is 16.8 Å². The van der Waals surface area contributed by atoms with E-state index in [0.29, 0.717) is 0 Å². The highest BCUT2D eigenvalue weighted by Crippen LogP contribution is 2.09. The summed E-state index contributed by atoms with van der Waals surface area (Å²) in [5.74, 6) is 0.769. The SMILES string of the molecule is Cc1ccc([I+]c2ccc(CC(C)C)cc2)cc1.O=S(=O)([O-])Oc1ccccc1. The third kappa shape index (κ3) is 9.92. The third-order valence-electron chi connectivity index (χ3n) is 3.73. The molecule has 0 unspecified atom stereocenters. The van der Waals surface area contributed by atoms with Crippen molar-refractivity contribution in [2.24, 2.45) is 5.92 Å². The van der Waals surface area contributed by atoms with E-state index in [2.05, 4.69) is 73.5 Å². The van der Waals surface area contributed by atoms with Crippen molar-refractivity contribution in [1.82, 2.24) is 0 Å². The second kappa shape index (κ2) is 11.3. The lowest BCUT2D eigenvalue weighted by molar-refractivity contribution is -0.597. The van der Waals surface area contributed by atoms with Crippen LogP contribution in [0.4, 0.5) is 0 Å². The molecular weight excluding hydrogens is 499 g/mol. The Bertz CT molecular complexity index is 968. The normalized spacial score (nSPS) is 10.9. The van der Waals surface area contributed by atoms with Crippen molar-refractivity contribution in [1.29, 1.82) is 0 Å². The van der Waals surface area contributed by atoms with Crippen molar-refractivity contribution in [2.45, 2.75) is 27.2 Å². The van der Waals surface area contributed by atoms with Gasteiger partial charge in [-0.05, 0) is 61.2 Å². The predicted molar refractivity (Wildman–Crippen MR) is 110 cm³/mol. The van der Waals surface area contributed by atoms with Crippen LogP contribution in [-0.4, -0.2) is 13.0 Å². The van der Waals surface area contributed by atoms with Crippen LogP contribution >= 0.6 is 0 Å². The number of halogens is 1. The van der Waals surface area contributed by atoms with Crippen LogP contribution in [0.25, 0.3) is 0 Å². The lowest BCUT2D eigenvalue weighted by atomic mass is 10.0. The minimum absolute atomic E-state index is 0.0179. The van der Waals surface area contributed by atoms with E-state index in [-0.39, 0.29) is 27.0 Å². The van der Waals surface area contributed by atoms with Gasteiger partial charge in [-0.25, -0.2) is 8.42 Å². The Hall–Kier alpha value is -1.90. The molecule has 0 fully saturated rings. The lowest BCUT2D eigenvalue weighted by Gasteiger charge is -2.07. The van der Waals surface area contributed by atoms with E-state index < -0.39 is 10.4 Å². The Morgan fingerprint density at radius 3 is 1.86 bits per heavy atom. The minimum atomic E-state index is -4.63. The number of hydrogen-bond donors (Lipinski definition) is 0. The maximum atomic E-state index is 10.0. The largest absolute Gasteiger partial charge is 0.716 e. The van der Waals surface area contributed by atoms with Crippen molar-refractivity contribution >= 4 is 10.4 Å². The maximum Gasteiger partial charge on any atom is 0.357 e. The van der Waals surface area contributed by atoms with Crippen LogP contribution in [0.5, 0.6) is 5.75 Å². The molecule has 0 saturated carbocycles. The van der Waals surface area contributed by atoms with Crippen LogP contribution < -0.4 is 25.4 Å². The second-order valence-electron chi connectivity index (χ2n) is 6.92. The van der Waals surface area contributed by atoms with Gasteiger partial charge in [-0.1, -0.05) is 61.9 Å². The van der Waals surface area contributed by atoms with Gasteiger partial charge in [0.1, 0.15) is 5.75 Å². The first kappa shape index (κ1) is 23.4. The number of hydrogen-bond acceptors (Lipinski definition) is 4. The van der Waals surface area contributed by atoms with Gasteiger partial charge in [0.15, 0.2) is 7.14 Å². The van der Waals surface area contributed by atoms with Crippen LogP contribution in [0, 0.1) is 20.0 Å². The van der Waals surface area contributed by atoms with Crippen LogP contribution in [0.3, 0.4) is 0 Å². The molecule has 0 amide bonds. The van der Waals surface area contributed by atoms with Gasteiger partial charge in [0.25, 0.3) is 10.4 Å². The van der Waals surface area contributed by atoms with E-state index in [9.17, 15) is 13.0 Å². The van der Waals surface area contributed by atoms with Gasteiger partial charge in [-0.15, -0.1) is 0 Å². The molecule has 0 N–H and O–H groups in total. The summed E-state index contributed by atoms with van der Waals surface area (Å²) in [4.78, 5) is 0. The summed E-state index contributed by atoms with van der Waals surface area (Å²) in [6, 6.07) is 25.8. The molecule has 0 spiro atoms. The quantitative estimate of drug-likeness (QED) is 0.281. The summed E-state index contributed by atoms with van der Waals surface area (Å²) in [5, 5.41) is 0. The first-order valence-corrected chi connectivity index (χ1v) is 12.7. The van der Waals surface area contributed by atoms with Crippen molar-refractivity contribution in [3.63, 3.8) is 0 Å². The monoisotopic (exact) mass is 524 g/mol. The Morgan fingerprint density at radius 1 is 0.862 bits per heavy atom. The molecule has 6 heteroatoms. The summed E-state index contributed by atoms with van der Waals surface area (Å²) in [6.07, 6.45) is 1.18. The van der Waals surface area contributed by atoms with E-state index in [1.165, 1.54) is 36.8 Å². The highest BCUT2D eigenvalue weighted by molar-refractivity contribution is 7.81. The first-order chi connectivity index (χ1) is 13.7. The molecule has 3 rings (SSSR count). The number of aryl methyl sites for hydroxylation is 1. The molecule has 0 aliphatic heterocycles. The summed E-state index contributed by atoms with van der Waals surface area (Å²) < 4.78 is 37.1. The molecule has 0 aliphatic carbocycles. The first-order valence-electron chi connectivity index (χ1n) is 9.22. The molecular formula is C23H25IO4S. The van der Waals surface area contributed by atoms with Gasteiger partial charge in [0, 0.05) is 0 Å². The zero-order chi connectivity index (χ0) is 21.3. The standard InChI is InChI=1S/C17H20I.C6H6O4S/c1-13(2)12-15-6-10-17(11-7-15)18-16-8-4-14(3)5-9-16;7-11(8,9)10-6-4-2-1-3-5-6/h4-11,13H,12H2,1-3H3;1-5H,(H,7,8,9)/q+1;/p-1. The lowest BCUT2D eigenvalue weighted by Crippen LogP contribution is -3.61. The van der Waals surface area contributed by atoms with E-state index in [0.717, 1.165) is 5.92 Å². The van der Waals surface area contributed by atoms with Gasteiger partial charge < -0.3 is 8.74 Å². The predicted octanol–water partition coefficient (Wildman–Crippen LogP) is 1.85. The maximum absolute atomic E-state index is 10.0. The molecule has 0 heterocycles. The Balaban J connectivity index is 0.000000234. The number of para-hydroxylation sites is 1. The fourth-order valence-electron chi connectivity index (χ4n) is 2.47. The van der Waals surface area contributed by atoms with E-state index in [1.807, 2.05) is 0 Å². The Labute approximate surface area is 184 Å². The molecule has 0 aromatic heterocycles. The van der Waals surface area contributed by atoms with Crippen molar-refractivity contribution < 1.29 is 38.4 Å². The van der Waals surface area contributed by atoms with Crippen molar-refractivity contribution in [3.05, 3.63) is 97.1 Å². The molecule has 29 heavy (non-hydrogen) atoms. The second-order valence-corrected chi connectivity index (χ2v) is 10.9. The highest BCUT2D eigenvalue weighted by Gasteiger charge is 2.14. The van der Waals surface area contributed by atoms with Gasteiger partial charge in [-0.3, -0.25) is 0 Å². The summed E-state index contributed by atoms with van der Waals surface area (Å²) >= 11 is -0.0179. The molecule has 0 bridgehead atoms. The zero-order valence-electron chi connectivity index (χ0n) is 16.7. The molecule has 0 aliphatic rings. The molecule has 4 nitrogen and oxygen atoms in total. The molecule has 0 radical (unpaired) electrons. The van der Waals surface area contributed by atoms with Crippen LogP contribution in [0.2, 0.25) is 0 Å². The average molecular weight is 524 g/mol. The van der Waals surface area contributed by atoms with E-state index >= 15 is 0 Å². The van der Waals surface area contributed by atoms with Gasteiger partial charge in [0.05, 0.1) is 0 Å². The summed E-state index contributed by atoms with van der Waals surface area (Å²) in [6.45, 7) is 6.68. The van der Waals surface area contributed by atoms with Crippen molar-refractivity contribution in [3.8, 4) is 5.75 Å². The number of benzene rings is 3. The fourth-order valence-corrected chi connectivity index (χ4v) is 4.98. The minimum Gasteiger partial charge on any atom is -0.716 e. The highest BCUT2D eigenvalue weighted by atomic mass is 127.